The van der Waals surface area contributed by atoms with Crippen LogP contribution in [-0.2, 0) is 10.2 Å². The van der Waals surface area contributed by atoms with Gasteiger partial charge < -0.3 is 14.8 Å². The molecule has 0 aliphatic heterocycles. The first-order valence-corrected chi connectivity index (χ1v) is 7.47. The molecule has 1 aromatic carbocycles. The number of hydrogen-bond donors (Lipinski definition) is 1. The van der Waals surface area contributed by atoms with E-state index in [2.05, 4.69) is 44.3 Å². The first kappa shape index (κ1) is 17.0. The average molecular weight is 279 g/mol. The number of unbranched alkanes of at least 4 members (excludes halogenated alkanes) is 1. The number of hydrogen-bond acceptors (Lipinski definition) is 3. The van der Waals surface area contributed by atoms with E-state index >= 15 is 0 Å². The molecule has 0 heterocycles. The van der Waals surface area contributed by atoms with Gasteiger partial charge >= 0.3 is 0 Å². The Kier molecular flexibility index (Phi) is 7.63. The Morgan fingerprint density at radius 1 is 1.00 bits per heavy atom. The third kappa shape index (κ3) is 6.40. The SMILES string of the molecule is COCCNCCCCOc1ccccc1C(C)(C)C. The minimum atomic E-state index is 0.123. The molecule has 114 valence electrons. The van der Waals surface area contributed by atoms with Crippen molar-refractivity contribution in [1.29, 1.82) is 0 Å². The fraction of sp³-hybridized carbons (Fsp3) is 0.647. The largest absolute Gasteiger partial charge is 0.493 e. The fourth-order valence-corrected chi connectivity index (χ4v) is 2.05. The molecule has 0 spiro atoms. The van der Waals surface area contributed by atoms with Crippen molar-refractivity contribution < 1.29 is 9.47 Å². The summed E-state index contributed by atoms with van der Waals surface area (Å²) in [7, 11) is 1.72. The van der Waals surface area contributed by atoms with Gasteiger partial charge in [-0.2, -0.15) is 0 Å². The molecular weight excluding hydrogens is 250 g/mol. The molecule has 0 aromatic heterocycles. The van der Waals surface area contributed by atoms with Gasteiger partial charge in [-0.05, 0) is 36.4 Å². The molecule has 0 atom stereocenters. The molecule has 0 fully saturated rings. The third-order valence-corrected chi connectivity index (χ3v) is 3.18. The van der Waals surface area contributed by atoms with Gasteiger partial charge in [0.25, 0.3) is 0 Å². The van der Waals surface area contributed by atoms with Gasteiger partial charge in [0.05, 0.1) is 13.2 Å². The highest BCUT2D eigenvalue weighted by atomic mass is 16.5. The average Bonchev–Trinajstić information content (AvgIpc) is 2.41. The predicted octanol–water partition coefficient (Wildman–Crippen LogP) is 3.38. The van der Waals surface area contributed by atoms with E-state index in [1.807, 2.05) is 6.07 Å². The summed E-state index contributed by atoms with van der Waals surface area (Å²) in [6, 6.07) is 8.34. The van der Waals surface area contributed by atoms with Crippen molar-refractivity contribution in [1.82, 2.24) is 5.32 Å². The Morgan fingerprint density at radius 2 is 1.75 bits per heavy atom. The Balaban J connectivity index is 2.26. The number of nitrogens with one attached hydrogen (secondary N) is 1. The maximum atomic E-state index is 5.94. The lowest BCUT2D eigenvalue weighted by molar-refractivity contribution is 0.199. The second kappa shape index (κ2) is 8.98. The number of rotatable bonds is 9. The summed E-state index contributed by atoms with van der Waals surface area (Å²) < 4.78 is 10.9. The van der Waals surface area contributed by atoms with E-state index in [-0.39, 0.29) is 5.41 Å². The molecule has 3 nitrogen and oxygen atoms in total. The van der Waals surface area contributed by atoms with Crippen molar-refractivity contribution in [2.24, 2.45) is 0 Å². The Morgan fingerprint density at radius 3 is 2.45 bits per heavy atom. The molecule has 20 heavy (non-hydrogen) atoms. The normalized spacial score (nSPS) is 11.6. The van der Waals surface area contributed by atoms with Gasteiger partial charge in [-0.1, -0.05) is 39.0 Å². The second-order valence-corrected chi connectivity index (χ2v) is 6.04. The highest BCUT2D eigenvalue weighted by molar-refractivity contribution is 5.38. The first-order chi connectivity index (χ1) is 9.55. The quantitative estimate of drug-likeness (QED) is 0.703. The van der Waals surface area contributed by atoms with E-state index in [1.165, 1.54) is 5.56 Å². The molecule has 0 bridgehead atoms. The van der Waals surface area contributed by atoms with Crippen LogP contribution in [-0.4, -0.2) is 33.4 Å². The standard InChI is InChI=1S/C17H29NO2/c1-17(2,3)15-9-5-6-10-16(15)20-13-8-7-11-18-12-14-19-4/h5-6,9-10,18H,7-8,11-14H2,1-4H3. The van der Waals surface area contributed by atoms with Gasteiger partial charge in [0, 0.05) is 13.7 Å². The van der Waals surface area contributed by atoms with Gasteiger partial charge in [-0.3, -0.25) is 0 Å². The highest BCUT2D eigenvalue weighted by Crippen LogP contribution is 2.30. The van der Waals surface area contributed by atoms with Crippen molar-refractivity contribution in [2.45, 2.75) is 39.0 Å². The van der Waals surface area contributed by atoms with Gasteiger partial charge in [-0.25, -0.2) is 0 Å². The number of ether oxygens (including phenoxy) is 2. The van der Waals surface area contributed by atoms with E-state index in [0.29, 0.717) is 0 Å². The van der Waals surface area contributed by atoms with Crippen LogP contribution in [0.2, 0.25) is 0 Å². The lowest BCUT2D eigenvalue weighted by Crippen LogP contribution is -2.20. The Labute approximate surface area is 123 Å². The van der Waals surface area contributed by atoms with Gasteiger partial charge in [0.15, 0.2) is 0 Å². The monoisotopic (exact) mass is 279 g/mol. The molecule has 0 aliphatic carbocycles. The van der Waals surface area contributed by atoms with E-state index in [9.17, 15) is 0 Å². The van der Waals surface area contributed by atoms with E-state index in [4.69, 9.17) is 9.47 Å². The molecule has 1 aromatic rings. The Bertz CT molecular complexity index is 371. The number of para-hydroxylation sites is 1. The van der Waals surface area contributed by atoms with Crippen LogP contribution in [0.25, 0.3) is 0 Å². The van der Waals surface area contributed by atoms with Crippen LogP contribution in [0.5, 0.6) is 5.75 Å². The van der Waals surface area contributed by atoms with Crippen LogP contribution in [0.4, 0.5) is 0 Å². The zero-order valence-electron chi connectivity index (χ0n) is 13.4. The molecular formula is C17H29NO2. The minimum Gasteiger partial charge on any atom is -0.493 e. The van der Waals surface area contributed by atoms with Crippen LogP contribution in [0.3, 0.4) is 0 Å². The van der Waals surface area contributed by atoms with Crippen LogP contribution in [0.15, 0.2) is 24.3 Å². The maximum absolute atomic E-state index is 5.94. The molecule has 0 aliphatic rings. The van der Waals surface area contributed by atoms with Crippen molar-refractivity contribution in [2.75, 3.05) is 33.4 Å². The summed E-state index contributed by atoms with van der Waals surface area (Å²) in [6.45, 7) is 10.1. The number of methoxy groups -OCH3 is 1. The van der Waals surface area contributed by atoms with E-state index in [0.717, 1.165) is 44.9 Å². The minimum absolute atomic E-state index is 0.123. The topological polar surface area (TPSA) is 30.5 Å². The van der Waals surface area contributed by atoms with Gasteiger partial charge in [0.2, 0.25) is 0 Å². The molecule has 0 radical (unpaired) electrons. The molecule has 0 amide bonds. The number of benzene rings is 1. The van der Waals surface area contributed by atoms with Crippen molar-refractivity contribution in [3.63, 3.8) is 0 Å². The van der Waals surface area contributed by atoms with E-state index < -0.39 is 0 Å². The van der Waals surface area contributed by atoms with Crippen molar-refractivity contribution in [3.8, 4) is 5.75 Å². The molecule has 0 saturated heterocycles. The van der Waals surface area contributed by atoms with Crippen LogP contribution >= 0.6 is 0 Å². The third-order valence-electron chi connectivity index (χ3n) is 3.18. The van der Waals surface area contributed by atoms with Crippen molar-refractivity contribution in [3.05, 3.63) is 29.8 Å². The molecule has 0 unspecified atom stereocenters. The van der Waals surface area contributed by atoms with Crippen LogP contribution in [0, 0.1) is 0 Å². The molecule has 1 N–H and O–H groups in total. The summed E-state index contributed by atoms with van der Waals surface area (Å²) in [6.07, 6.45) is 2.19. The second-order valence-electron chi connectivity index (χ2n) is 6.04. The highest BCUT2D eigenvalue weighted by Gasteiger charge is 2.17. The summed E-state index contributed by atoms with van der Waals surface area (Å²) in [5, 5.41) is 3.34. The maximum Gasteiger partial charge on any atom is 0.123 e. The van der Waals surface area contributed by atoms with Crippen LogP contribution < -0.4 is 10.1 Å². The summed E-state index contributed by atoms with van der Waals surface area (Å²) in [4.78, 5) is 0. The lowest BCUT2D eigenvalue weighted by Gasteiger charge is -2.22. The smallest absolute Gasteiger partial charge is 0.123 e. The predicted molar refractivity (Wildman–Crippen MR) is 84.6 cm³/mol. The zero-order chi connectivity index (χ0) is 14.8. The zero-order valence-corrected chi connectivity index (χ0v) is 13.4. The van der Waals surface area contributed by atoms with Crippen LogP contribution in [0.1, 0.15) is 39.2 Å². The fourth-order valence-electron chi connectivity index (χ4n) is 2.05. The molecule has 1 rings (SSSR count). The summed E-state index contributed by atoms with van der Waals surface area (Å²) >= 11 is 0. The lowest BCUT2D eigenvalue weighted by atomic mass is 9.86. The van der Waals surface area contributed by atoms with E-state index in [1.54, 1.807) is 7.11 Å². The Hall–Kier alpha value is -1.06. The van der Waals surface area contributed by atoms with Gasteiger partial charge in [0.1, 0.15) is 5.75 Å². The van der Waals surface area contributed by atoms with Crippen molar-refractivity contribution >= 4 is 0 Å². The first-order valence-electron chi connectivity index (χ1n) is 7.47. The van der Waals surface area contributed by atoms with Gasteiger partial charge in [-0.15, -0.1) is 0 Å². The summed E-state index contributed by atoms with van der Waals surface area (Å²) in [5.74, 6) is 1.02. The molecule has 0 saturated carbocycles. The summed E-state index contributed by atoms with van der Waals surface area (Å²) in [5.41, 5.74) is 1.40. The molecule has 3 heteroatoms.